The van der Waals surface area contributed by atoms with Crippen molar-refractivity contribution in [3.63, 3.8) is 0 Å². The number of nitrogens with zero attached hydrogens (tertiary/aromatic N) is 1. The number of hydrogen-bond acceptors (Lipinski definition) is 5. The molecule has 0 amide bonds. The standard InChI is InChI=1S/C8H20N2O4S/c1-13-6-5-10(4-3-9)15(11,12)8-7-14-2/h3-9H2,1-2H3. The zero-order valence-corrected chi connectivity index (χ0v) is 10.1. The molecule has 0 unspecified atom stereocenters. The monoisotopic (exact) mass is 240 g/mol. The second-order valence-corrected chi connectivity index (χ2v) is 5.08. The van der Waals surface area contributed by atoms with Crippen molar-refractivity contribution in [2.24, 2.45) is 5.73 Å². The number of rotatable bonds is 9. The van der Waals surface area contributed by atoms with Crippen molar-refractivity contribution in [3.8, 4) is 0 Å². The van der Waals surface area contributed by atoms with E-state index in [9.17, 15) is 8.42 Å². The van der Waals surface area contributed by atoms with E-state index in [1.165, 1.54) is 18.5 Å². The number of hydrogen-bond donors (Lipinski definition) is 1. The predicted molar refractivity (Wildman–Crippen MR) is 58.2 cm³/mol. The maximum absolute atomic E-state index is 11.7. The van der Waals surface area contributed by atoms with Gasteiger partial charge in [0.05, 0.1) is 19.0 Å². The highest BCUT2D eigenvalue weighted by Gasteiger charge is 2.20. The van der Waals surface area contributed by atoms with Gasteiger partial charge in [-0.1, -0.05) is 0 Å². The Morgan fingerprint density at radius 3 is 2.20 bits per heavy atom. The topological polar surface area (TPSA) is 81.9 Å². The number of methoxy groups -OCH3 is 2. The summed E-state index contributed by atoms with van der Waals surface area (Å²) in [7, 11) is -0.270. The van der Waals surface area contributed by atoms with Crippen molar-refractivity contribution >= 4 is 10.0 Å². The molecule has 0 aliphatic heterocycles. The van der Waals surface area contributed by atoms with Crippen LogP contribution in [0.4, 0.5) is 0 Å². The van der Waals surface area contributed by atoms with Crippen molar-refractivity contribution in [3.05, 3.63) is 0 Å². The summed E-state index contributed by atoms with van der Waals surface area (Å²) in [6.07, 6.45) is 0. The average Bonchev–Trinajstić information content (AvgIpc) is 2.21. The van der Waals surface area contributed by atoms with Crippen molar-refractivity contribution in [2.75, 3.05) is 52.8 Å². The van der Waals surface area contributed by atoms with Gasteiger partial charge in [0.25, 0.3) is 0 Å². The maximum atomic E-state index is 11.7. The lowest BCUT2D eigenvalue weighted by Gasteiger charge is -2.20. The van der Waals surface area contributed by atoms with Crippen LogP contribution in [0.2, 0.25) is 0 Å². The smallest absolute Gasteiger partial charge is 0.216 e. The molecular weight excluding hydrogens is 220 g/mol. The second kappa shape index (κ2) is 8.00. The Bertz CT molecular complexity index is 243. The van der Waals surface area contributed by atoms with Crippen LogP contribution in [0.5, 0.6) is 0 Å². The van der Waals surface area contributed by atoms with Crippen LogP contribution in [0.25, 0.3) is 0 Å². The molecule has 2 N–H and O–H groups in total. The van der Waals surface area contributed by atoms with Crippen LogP contribution < -0.4 is 5.73 Å². The van der Waals surface area contributed by atoms with E-state index in [2.05, 4.69) is 0 Å². The normalized spacial score (nSPS) is 12.3. The fourth-order valence-corrected chi connectivity index (χ4v) is 2.42. The van der Waals surface area contributed by atoms with Crippen LogP contribution in [0.1, 0.15) is 0 Å². The number of ether oxygens (including phenoxy) is 2. The lowest BCUT2D eigenvalue weighted by Crippen LogP contribution is -2.39. The molecule has 0 saturated heterocycles. The van der Waals surface area contributed by atoms with Crippen LogP contribution in [0.3, 0.4) is 0 Å². The minimum Gasteiger partial charge on any atom is -0.384 e. The lowest BCUT2D eigenvalue weighted by atomic mass is 10.6. The Morgan fingerprint density at radius 1 is 1.13 bits per heavy atom. The van der Waals surface area contributed by atoms with E-state index >= 15 is 0 Å². The largest absolute Gasteiger partial charge is 0.384 e. The zero-order valence-electron chi connectivity index (χ0n) is 9.31. The molecule has 0 aliphatic carbocycles. The minimum atomic E-state index is -3.27. The highest BCUT2D eigenvalue weighted by molar-refractivity contribution is 7.89. The summed E-state index contributed by atoms with van der Waals surface area (Å²) in [6, 6.07) is 0. The SMILES string of the molecule is COCCN(CCN)S(=O)(=O)CCOC. The minimum absolute atomic E-state index is 0.0206. The molecule has 0 bridgehead atoms. The van der Waals surface area contributed by atoms with Crippen LogP contribution >= 0.6 is 0 Å². The van der Waals surface area contributed by atoms with Gasteiger partial charge in [-0.25, -0.2) is 8.42 Å². The van der Waals surface area contributed by atoms with E-state index in [0.717, 1.165) is 0 Å². The molecule has 0 radical (unpaired) electrons. The Morgan fingerprint density at radius 2 is 1.73 bits per heavy atom. The molecule has 0 aromatic carbocycles. The van der Waals surface area contributed by atoms with Gasteiger partial charge < -0.3 is 15.2 Å². The van der Waals surface area contributed by atoms with Gasteiger partial charge in [0.2, 0.25) is 10.0 Å². The average molecular weight is 240 g/mol. The first-order chi connectivity index (χ1) is 7.08. The molecule has 0 aromatic heterocycles. The number of nitrogens with two attached hydrogens (primary N) is 1. The van der Waals surface area contributed by atoms with Crippen molar-refractivity contribution in [1.29, 1.82) is 0 Å². The summed E-state index contributed by atoms with van der Waals surface area (Å²) in [5.41, 5.74) is 5.35. The van der Waals surface area contributed by atoms with Crippen LogP contribution in [-0.4, -0.2) is 65.5 Å². The summed E-state index contributed by atoms with van der Waals surface area (Å²) >= 11 is 0. The van der Waals surface area contributed by atoms with E-state index in [-0.39, 0.29) is 12.4 Å². The Balaban J connectivity index is 4.30. The molecule has 92 valence electrons. The molecule has 0 aliphatic rings. The molecule has 6 nitrogen and oxygen atoms in total. The summed E-state index contributed by atoms with van der Waals surface area (Å²) in [5.74, 6) is -0.0206. The van der Waals surface area contributed by atoms with Crippen LogP contribution in [0.15, 0.2) is 0 Å². The summed E-state index contributed by atoms with van der Waals surface area (Å²) in [4.78, 5) is 0. The van der Waals surface area contributed by atoms with E-state index in [1.807, 2.05) is 0 Å². The quantitative estimate of drug-likeness (QED) is 0.551. The summed E-state index contributed by atoms with van der Waals surface area (Å²) in [6.45, 7) is 1.51. The molecular formula is C8H20N2O4S. The fraction of sp³-hybridized carbons (Fsp3) is 1.00. The molecule has 0 rings (SSSR count). The first-order valence-corrected chi connectivity index (χ1v) is 6.35. The fourth-order valence-electron chi connectivity index (χ4n) is 1.04. The van der Waals surface area contributed by atoms with Gasteiger partial charge in [0, 0.05) is 33.9 Å². The third-order valence-electron chi connectivity index (χ3n) is 1.86. The molecule has 15 heavy (non-hydrogen) atoms. The molecule has 0 atom stereocenters. The van der Waals surface area contributed by atoms with E-state index in [4.69, 9.17) is 15.2 Å². The molecule has 0 spiro atoms. The molecule has 0 saturated carbocycles. The van der Waals surface area contributed by atoms with Gasteiger partial charge in [0.15, 0.2) is 0 Å². The summed E-state index contributed by atoms with van der Waals surface area (Å²) in [5, 5.41) is 0. The molecule has 0 aromatic rings. The van der Waals surface area contributed by atoms with Gasteiger partial charge in [-0.15, -0.1) is 0 Å². The Labute approximate surface area is 91.4 Å². The van der Waals surface area contributed by atoms with Gasteiger partial charge in [-0.2, -0.15) is 4.31 Å². The molecule has 0 heterocycles. The van der Waals surface area contributed by atoms with Gasteiger partial charge >= 0.3 is 0 Å². The Kier molecular flexibility index (Phi) is 7.89. The van der Waals surface area contributed by atoms with Crippen LogP contribution in [-0.2, 0) is 19.5 Å². The van der Waals surface area contributed by atoms with Crippen molar-refractivity contribution < 1.29 is 17.9 Å². The third kappa shape index (κ3) is 6.06. The molecule has 0 fully saturated rings. The van der Waals surface area contributed by atoms with E-state index in [1.54, 1.807) is 0 Å². The number of sulfonamides is 1. The first-order valence-electron chi connectivity index (χ1n) is 4.74. The highest BCUT2D eigenvalue weighted by atomic mass is 32.2. The predicted octanol–water partition coefficient (Wildman–Crippen LogP) is -1.13. The molecule has 7 heteroatoms. The second-order valence-electron chi connectivity index (χ2n) is 2.99. The maximum Gasteiger partial charge on any atom is 0.216 e. The third-order valence-corrected chi connectivity index (χ3v) is 3.70. The van der Waals surface area contributed by atoms with E-state index < -0.39 is 10.0 Å². The first kappa shape index (κ1) is 14.8. The summed E-state index contributed by atoms with van der Waals surface area (Å²) < 4.78 is 34.4. The highest BCUT2D eigenvalue weighted by Crippen LogP contribution is 2.00. The van der Waals surface area contributed by atoms with Crippen molar-refractivity contribution in [1.82, 2.24) is 4.31 Å². The van der Waals surface area contributed by atoms with Crippen molar-refractivity contribution in [2.45, 2.75) is 0 Å². The zero-order chi connectivity index (χ0) is 11.7. The van der Waals surface area contributed by atoms with Crippen LogP contribution in [0, 0.1) is 0 Å². The Hall–Kier alpha value is -0.210. The van der Waals surface area contributed by atoms with Gasteiger partial charge in [0.1, 0.15) is 0 Å². The van der Waals surface area contributed by atoms with E-state index in [0.29, 0.717) is 26.2 Å². The van der Waals surface area contributed by atoms with Gasteiger partial charge in [-0.05, 0) is 0 Å². The lowest BCUT2D eigenvalue weighted by molar-refractivity contribution is 0.178. The van der Waals surface area contributed by atoms with Gasteiger partial charge in [-0.3, -0.25) is 0 Å².